The maximum atomic E-state index is 5.88. The largest absolute Gasteiger partial charge is 0.355 e. The molecule has 1 aromatic rings. The Bertz CT molecular complexity index is 317. The lowest BCUT2D eigenvalue weighted by molar-refractivity contribution is 0.503. The summed E-state index contributed by atoms with van der Waals surface area (Å²) in [4.78, 5) is 10.2. The number of nitrogens with two attached hydrogens (primary N) is 1. The second-order valence-electron chi connectivity index (χ2n) is 3.55. The molecule has 14 heavy (non-hydrogen) atoms. The lowest BCUT2D eigenvalue weighted by atomic mass is 10.1. The molecule has 0 radical (unpaired) electrons. The van der Waals surface area contributed by atoms with Gasteiger partial charge in [0.2, 0.25) is 0 Å². The van der Waals surface area contributed by atoms with Gasteiger partial charge in [0.05, 0.1) is 0 Å². The first kappa shape index (κ1) is 9.68. The Balaban J connectivity index is 2.14. The monoisotopic (exact) mass is 212 g/mol. The van der Waals surface area contributed by atoms with Crippen molar-refractivity contribution in [3.8, 4) is 0 Å². The molecule has 1 saturated heterocycles. The molecule has 1 aromatic heterocycles. The number of piperidine rings is 1. The first-order valence-corrected chi connectivity index (χ1v) is 5.11. The Morgan fingerprint density at radius 2 is 2.36 bits per heavy atom. The molecule has 0 bridgehead atoms. The van der Waals surface area contributed by atoms with Crippen molar-refractivity contribution in [2.24, 2.45) is 5.73 Å². The van der Waals surface area contributed by atoms with Crippen LogP contribution in [0.3, 0.4) is 0 Å². The van der Waals surface area contributed by atoms with Crippen molar-refractivity contribution in [1.82, 2.24) is 9.97 Å². The van der Waals surface area contributed by atoms with Gasteiger partial charge in [-0.3, -0.25) is 0 Å². The standard InChI is InChI=1S/C9H13ClN4/c10-8-4-9(13-6-12-8)14-3-1-2-7(11)5-14/h4,6-7H,1-3,5,11H2/t7-/m0/s1. The van der Waals surface area contributed by atoms with E-state index in [2.05, 4.69) is 14.9 Å². The van der Waals surface area contributed by atoms with Gasteiger partial charge in [-0.15, -0.1) is 0 Å². The summed E-state index contributed by atoms with van der Waals surface area (Å²) in [7, 11) is 0. The molecular formula is C9H13ClN4. The molecule has 0 aliphatic carbocycles. The normalized spacial score (nSPS) is 22.4. The highest BCUT2D eigenvalue weighted by molar-refractivity contribution is 6.29. The molecule has 1 aliphatic rings. The summed E-state index contributed by atoms with van der Waals surface area (Å²) < 4.78 is 0. The molecule has 76 valence electrons. The number of halogens is 1. The van der Waals surface area contributed by atoms with E-state index in [1.807, 2.05) is 0 Å². The van der Waals surface area contributed by atoms with Crippen molar-refractivity contribution in [1.29, 1.82) is 0 Å². The molecule has 0 amide bonds. The SMILES string of the molecule is N[C@H]1CCCN(c2cc(Cl)ncn2)C1. The fourth-order valence-corrected chi connectivity index (χ4v) is 1.86. The van der Waals surface area contributed by atoms with E-state index in [9.17, 15) is 0 Å². The lowest BCUT2D eigenvalue weighted by Gasteiger charge is -2.31. The molecule has 0 saturated carbocycles. The summed E-state index contributed by atoms with van der Waals surface area (Å²) in [5.74, 6) is 0.875. The summed E-state index contributed by atoms with van der Waals surface area (Å²) >= 11 is 5.79. The van der Waals surface area contributed by atoms with Crippen LogP contribution in [0.2, 0.25) is 5.15 Å². The number of nitrogens with zero attached hydrogens (tertiary/aromatic N) is 3. The third-order valence-corrected chi connectivity index (χ3v) is 2.61. The molecule has 5 heteroatoms. The molecule has 2 rings (SSSR count). The second kappa shape index (κ2) is 4.11. The quantitative estimate of drug-likeness (QED) is 0.708. The van der Waals surface area contributed by atoms with Crippen LogP contribution in [-0.4, -0.2) is 29.1 Å². The summed E-state index contributed by atoms with van der Waals surface area (Å²) in [5.41, 5.74) is 5.88. The van der Waals surface area contributed by atoms with Crippen molar-refractivity contribution in [2.75, 3.05) is 18.0 Å². The van der Waals surface area contributed by atoms with E-state index in [1.165, 1.54) is 6.33 Å². The Hall–Kier alpha value is -0.870. The molecule has 2 heterocycles. The van der Waals surface area contributed by atoms with Crippen LogP contribution in [0.25, 0.3) is 0 Å². The van der Waals surface area contributed by atoms with Crippen molar-refractivity contribution >= 4 is 17.4 Å². The van der Waals surface area contributed by atoms with Crippen molar-refractivity contribution in [3.63, 3.8) is 0 Å². The van der Waals surface area contributed by atoms with Crippen LogP contribution in [0, 0.1) is 0 Å². The maximum absolute atomic E-state index is 5.88. The third-order valence-electron chi connectivity index (χ3n) is 2.40. The van der Waals surface area contributed by atoms with E-state index in [0.29, 0.717) is 5.15 Å². The minimum Gasteiger partial charge on any atom is -0.355 e. The molecule has 0 unspecified atom stereocenters. The summed E-state index contributed by atoms with van der Waals surface area (Å²) in [6.07, 6.45) is 3.69. The minimum absolute atomic E-state index is 0.248. The first-order chi connectivity index (χ1) is 6.75. The number of rotatable bonds is 1. The van der Waals surface area contributed by atoms with Crippen molar-refractivity contribution in [2.45, 2.75) is 18.9 Å². The van der Waals surface area contributed by atoms with Crippen molar-refractivity contribution in [3.05, 3.63) is 17.5 Å². The van der Waals surface area contributed by atoms with Gasteiger partial charge in [0.15, 0.2) is 0 Å². The fraction of sp³-hybridized carbons (Fsp3) is 0.556. The first-order valence-electron chi connectivity index (χ1n) is 4.74. The highest BCUT2D eigenvalue weighted by atomic mass is 35.5. The number of hydrogen-bond acceptors (Lipinski definition) is 4. The van der Waals surface area contributed by atoms with Crippen LogP contribution in [0.4, 0.5) is 5.82 Å². The average molecular weight is 213 g/mol. The van der Waals surface area contributed by atoms with E-state index < -0.39 is 0 Å². The predicted octanol–water partition coefficient (Wildman–Crippen LogP) is 1.06. The fourth-order valence-electron chi connectivity index (χ4n) is 1.72. The highest BCUT2D eigenvalue weighted by Gasteiger charge is 2.17. The predicted molar refractivity (Wildman–Crippen MR) is 56.5 cm³/mol. The molecular weight excluding hydrogens is 200 g/mol. The molecule has 4 nitrogen and oxygen atoms in total. The second-order valence-corrected chi connectivity index (χ2v) is 3.93. The van der Waals surface area contributed by atoms with E-state index in [0.717, 1.165) is 31.7 Å². The Kier molecular flexibility index (Phi) is 2.84. The van der Waals surface area contributed by atoms with E-state index in [1.54, 1.807) is 6.07 Å². The zero-order chi connectivity index (χ0) is 9.97. The van der Waals surface area contributed by atoms with Crippen molar-refractivity contribution < 1.29 is 0 Å². The smallest absolute Gasteiger partial charge is 0.134 e. The van der Waals surface area contributed by atoms with Crippen LogP contribution in [0.1, 0.15) is 12.8 Å². The minimum atomic E-state index is 0.248. The molecule has 1 aliphatic heterocycles. The average Bonchev–Trinajstić information content (AvgIpc) is 2.18. The third kappa shape index (κ3) is 2.13. The van der Waals surface area contributed by atoms with Gasteiger partial charge in [0.1, 0.15) is 17.3 Å². The van der Waals surface area contributed by atoms with Gasteiger partial charge in [-0.25, -0.2) is 9.97 Å². The Morgan fingerprint density at radius 3 is 3.07 bits per heavy atom. The van der Waals surface area contributed by atoms with Crippen LogP contribution in [0.5, 0.6) is 0 Å². The van der Waals surface area contributed by atoms with E-state index in [4.69, 9.17) is 17.3 Å². The number of hydrogen-bond donors (Lipinski definition) is 1. The van der Waals surface area contributed by atoms with Gasteiger partial charge in [0.25, 0.3) is 0 Å². The molecule has 2 N–H and O–H groups in total. The van der Waals surface area contributed by atoms with Crippen LogP contribution < -0.4 is 10.6 Å². The zero-order valence-corrected chi connectivity index (χ0v) is 8.61. The Labute approximate surface area is 88.1 Å². The number of aromatic nitrogens is 2. The zero-order valence-electron chi connectivity index (χ0n) is 7.86. The van der Waals surface area contributed by atoms with Gasteiger partial charge < -0.3 is 10.6 Å². The van der Waals surface area contributed by atoms with Gasteiger partial charge in [-0.2, -0.15) is 0 Å². The summed E-state index contributed by atoms with van der Waals surface area (Å²) in [6.45, 7) is 1.86. The molecule has 1 fully saturated rings. The van der Waals surface area contributed by atoms with Crippen LogP contribution in [-0.2, 0) is 0 Å². The topological polar surface area (TPSA) is 55.0 Å². The summed E-state index contributed by atoms with van der Waals surface area (Å²) in [6, 6.07) is 2.03. The summed E-state index contributed by atoms with van der Waals surface area (Å²) in [5, 5.41) is 0.481. The van der Waals surface area contributed by atoms with Gasteiger partial charge in [0, 0.05) is 25.2 Å². The molecule has 0 aromatic carbocycles. The van der Waals surface area contributed by atoms with Gasteiger partial charge in [-0.1, -0.05) is 11.6 Å². The van der Waals surface area contributed by atoms with Gasteiger partial charge >= 0.3 is 0 Å². The van der Waals surface area contributed by atoms with Crippen LogP contribution >= 0.6 is 11.6 Å². The highest BCUT2D eigenvalue weighted by Crippen LogP contribution is 2.18. The molecule has 0 spiro atoms. The van der Waals surface area contributed by atoms with E-state index in [-0.39, 0.29) is 6.04 Å². The van der Waals surface area contributed by atoms with Crippen LogP contribution in [0.15, 0.2) is 12.4 Å². The van der Waals surface area contributed by atoms with Gasteiger partial charge in [-0.05, 0) is 12.8 Å². The lowest BCUT2D eigenvalue weighted by Crippen LogP contribution is -2.43. The molecule has 1 atom stereocenters. The Morgan fingerprint density at radius 1 is 1.50 bits per heavy atom. The number of anilines is 1. The maximum Gasteiger partial charge on any atom is 0.134 e. The van der Waals surface area contributed by atoms with E-state index >= 15 is 0 Å².